The summed E-state index contributed by atoms with van der Waals surface area (Å²) in [5.41, 5.74) is 9.69. The van der Waals surface area contributed by atoms with Crippen LogP contribution in [0.15, 0.2) is 11.4 Å². The van der Waals surface area contributed by atoms with Crippen molar-refractivity contribution in [1.29, 1.82) is 0 Å². The maximum Gasteiger partial charge on any atom is 0.344 e. The van der Waals surface area contributed by atoms with Gasteiger partial charge >= 0.3 is 6.03 Å². The molecule has 10 nitrogen and oxygen atoms in total. The van der Waals surface area contributed by atoms with Crippen LogP contribution in [-0.2, 0) is 14.4 Å². The quantitative estimate of drug-likeness (QED) is 0.250. The fourth-order valence-electron chi connectivity index (χ4n) is 5.55. The minimum Gasteiger partial charge on any atom is -0.385 e. The van der Waals surface area contributed by atoms with Gasteiger partial charge < -0.3 is 11.5 Å². The number of nitrogens with one attached hydrogen (secondary N) is 1. The van der Waals surface area contributed by atoms with Crippen LogP contribution in [0.2, 0.25) is 0 Å². The first-order valence-corrected chi connectivity index (χ1v) is 11.2. The number of imide groups is 1. The van der Waals surface area contributed by atoms with Gasteiger partial charge in [0.1, 0.15) is 16.9 Å². The number of nitrogens with zero attached hydrogens (tertiary/aromatic N) is 3. The Morgan fingerprint density at radius 1 is 1.06 bits per heavy atom. The maximum absolute atomic E-state index is 13.3. The molecule has 0 aromatic heterocycles. The first-order valence-electron chi connectivity index (χ1n) is 10.8. The Balaban J connectivity index is 1.73. The van der Waals surface area contributed by atoms with Crippen LogP contribution < -0.4 is 16.8 Å². The van der Waals surface area contributed by atoms with Crippen LogP contribution in [0, 0.1) is 5.41 Å². The average Bonchev–Trinajstić information content (AvgIpc) is 2.92. The lowest BCUT2D eigenvalue weighted by atomic mass is 9.52. The Morgan fingerprint density at radius 3 is 2.29 bits per heavy atom. The number of hydrogen-bond donors (Lipinski definition) is 3. The smallest absolute Gasteiger partial charge is 0.344 e. The first-order chi connectivity index (χ1) is 14.7. The van der Waals surface area contributed by atoms with Crippen molar-refractivity contribution < 1.29 is 19.2 Å². The number of nitrogens with two attached hydrogens (primary N) is 2. The van der Waals surface area contributed by atoms with Crippen molar-refractivity contribution in [2.45, 2.75) is 70.3 Å². The molecule has 5 amide bonds. The molecule has 4 rings (SSSR count). The Labute approximate surface area is 185 Å². The predicted octanol–water partition coefficient (Wildman–Crippen LogP) is 0.821. The summed E-state index contributed by atoms with van der Waals surface area (Å²) in [5.74, 6) is -2.44. The Hall–Kier alpha value is -2.69. The Morgan fingerprint density at radius 2 is 1.71 bits per heavy atom. The number of hydrazine groups is 1. The molecule has 4 fully saturated rings. The van der Waals surface area contributed by atoms with Crippen LogP contribution in [0.3, 0.4) is 0 Å². The SMILES string of the molecule is CCCCN1C(=O)C(=C(N)N)C(=O)N(N2C(=O)NC(=O)C23CC2(CCCCC2)C3)C1=S. The van der Waals surface area contributed by atoms with Crippen LogP contribution in [-0.4, -0.2) is 55.9 Å². The molecule has 0 aromatic carbocycles. The summed E-state index contributed by atoms with van der Waals surface area (Å²) < 4.78 is 0. The third-order valence-corrected chi connectivity index (χ3v) is 7.38. The number of rotatable bonds is 4. The minimum absolute atomic E-state index is 0.0117. The van der Waals surface area contributed by atoms with E-state index in [0.717, 1.165) is 48.5 Å². The summed E-state index contributed by atoms with van der Waals surface area (Å²) in [7, 11) is 0. The van der Waals surface area contributed by atoms with Crippen molar-refractivity contribution in [1.82, 2.24) is 20.2 Å². The van der Waals surface area contributed by atoms with E-state index in [1.54, 1.807) is 0 Å². The maximum atomic E-state index is 13.3. The molecule has 0 atom stereocenters. The zero-order valence-corrected chi connectivity index (χ0v) is 18.4. The molecular formula is C20H28N6O4S. The minimum atomic E-state index is -1.20. The average molecular weight is 449 g/mol. The second-order valence-corrected chi connectivity index (χ2v) is 9.42. The summed E-state index contributed by atoms with van der Waals surface area (Å²) in [6.45, 7) is 2.20. The molecule has 2 spiro atoms. The van der Waals surface area contributed by atoms with Crippen molar-refractivity contribution in [2.24, 2.45) is 16.9 Å². The van der Waals surface area contributed by atoms with Crippen molar-refractivity contribution in [2.75, 3.05) is 6.54 Å². The van der Waals surface area contributed by atoms with Crippen LogP contribution >= 0.6 is 12.2 Å². The van der Waals surface area contributed by atoms with Gasteiger partial charge in [-0.2, -0.15) is 5.01 Å². The van der Waals surface area contributed by atoms with E-state index in [1.165, 1.54) is 4.90 Å². The third-order valence-electron chi connectivity index (χ3n) is 6.99. The number of urea groups is 1. The molecular weight excluding hydrogens is 420 g/mol. The summed E-state index contributed by atoms with van der Waals surface area (Å²) in [6, 6.07) is -0.730. The second kappa shape index (κ2) is 7.47. The van der Waals surface area contributed by atoms with Crippen molar-refractivity contribution in [3.63, 3.8) is 0 Å². The Bertz CT molecular complexity index is 897. The summed E-state index contributed by atoms with van der Waals surface area (Å²) in [6.07, 6.45) is 7.66. The van der Waals surface area contributed by atoms with E-state index in [0.29, 0.717) is 19.3 Å². The molecule has 2 saturated heterocycles. The topological polar surface area (TPSA) is 142 Å². The molecule has 4 aliphatic rings. The monoisotopic (exact) mass is 448 g/mol. The van der Waals surface area contributed by atoms with E-state index in [2.05, 4.69) is 5.32 Å². The zero-order valence-electron chi connectivity index (χ0n) is 17.6. The lowest BCUT2D eigenvalue weighted by molar-refractivity contribution is -0.167. The fourth-order valence-corrected chi connectivity index (χ4v) is 5.89. The van der Waals surface area contributed by atoms with E-state index in [-0.39, 0.29) is 17.1 Å². The molecule has 0 radical (unpaired) electrons. The number of hydrogen-bond acceptors (Lipinski definition) is 7. The summed E-state index contributed by atoms with van der Waals surface area (Å²) >= 11 is 5.48. The molecule has 0 bridgehead atoms. The summed E-state index contributed by atoms with van der Waals surface area (Å²) in [4.78, 5) is 53.2. The van der Waals surface area contributed by atoms with Gasteiger partial charge in [0, 0.05) is 6.54 Å². The molecule has 11 heteroatoms. The fraction of sp³-hybridized carbons (Fsp3) is 0.650. The largest absolute Gasteiger partial charge is 0.385 e. The van der Waals surface area contributed by atoms with E-state index >= 15 is 0 Å². The van der Waals surface area contributed by atoms with Crippen molar-refractivity contribution in [3.8, 4) is 0 Å². The zero-order chi connectivity index (χ0) is 22.6. The van der Waals surface area contributed by atoms with Gasteiger partial charge in [-0.1, -0.05) is 32.6 Å². The van der Waals surface area contributed by atoms with Gasteiger partial charge in [-0.15, -0.1) is 0 Å². The van der Waals surface area contributed by atoms with E-state index < -0.39 is 40.7 Å². The van der Waals surface area contributed by atoms with E-state index in [9.17, 15) is 19.2 Å². The molecule has 168 valence electrons. The van der Waals surface area contributed by atoms with Crippen LogP contribution in [0.25, 0.3) is 0 Å². The highest BCUT2D eigenvalue weighted by Crippen LogP contribution is 2.60. The molecule has 2 aliphatic carbocycles. The molecule has 5 N–H and O–H groups in total. The molecule has 0 aromatic rings. The molecule has 31 heavy (non-hydrogen) atoms. The molecule has 2 aliphatic heterocycles. The first kappa shape index (κ1) is 21.5. The number of amides is 5. The number of carbonyl (C=O) groups excluding carboxylic acids is 4. The van der Waals surface area contributed by atoms with Gasteiger partial charge in [-0.05, 0) is 49.7 Å². The van der Waals surface area contributed by atoms with Crippen LogP contribution in [0.4, 0.5) is 4.79 Å². The number of unbranched alkanes of at least 4 members (excludes halogenated alkanes) is 1. The van der Waals surface area contributed by atoms with Gasteiger partial charge in [0.05, 0.1) is 0 Å². The third kappa shape index (κ3) is 3.08. The van der Waals surface area contributed by atoms with Gasteiger partial charge in [0.2, 0.25) is 5.11 Å². The lowest BCUT2D eigenvalue weighted by Crippen LogP contribution is -2.72. The normalized spacial score (nSPS) is 24.9. The highest BCUT2D eigenvalue weighted by Gasteiger charge is 2.69. The highest BCUT2D eigenvalue weighted by molar-refractivity contribution is 7.80. The molecule has 0 unspecified atom stereocenters. The molecule has 2 saturated carbocycles. The highest BCUT2D eigenvalue weighted by atomic mass is 32.1. The van der Waals surface area contributed by atoms with E-state index in [1.807, 2.05) is 6.92 Å². The van der Waals surface area contributed by atoms with E-state index in [4.69, 9.17) is 23.7 Å². The van der Waals surface area contributed by atoms with Gasteiger partial charge in [0.25, 0.3) is 17.7 Å². The summed E-state index contributed by atoms with van der Waals surface area (Å²) in [5, 5.41) is 4.28. The number of carbonyl (C=O) groups is 4. The number of thiocarbonyl (C=S) groups is 1. The Kier molecular flexibility index (Phi) is 5.19. The lowest BCUT2D eigenvalue weighted by Gasteiger charge is -2.59. The standard InChI is InChI=1S/C20H28N6O4S/c1-2-3-9-24-14(27)12(13(21)22)15(28)25(18(24)31)26-17(30)23-16(29)20(26)10-19(11-20)7-5-4-6-8-19/h2-11,21-22H2,1H3,(H,23,29,30). The van der Waals surface area contributed by atoms with Crippen molar-refractivity contribution in [3.05, 3.63) is 11.4 Å². The van der Waals surface area contributed by atoms with Gasteiger partial charge in [-0.3, -0.25) is 24.6 Å². The van der Waals surface area contributed by atoms with Gasteiger partial charge in [-0.25, -0.2) is 9.80 Å². The predicted molar refractivity (Wildman–Crippen MR) is 114 cm³/mol. The van der Waals surface area contributed by atoms with Crippen LogP contribution in [0.1, 0.15) is 64.7 Å². The van der Waals surface area contributed by atoms with Crippen molar-refractivity contribution >= 4 is 41.1 Å². The van der Waals surface area contributed by atoms with Gasteiger partial charge in [0.15, 0.2) is 0 Å². The second-order valence-electron chi connectivity index (χ2n) is 9.06. The van der Waals surface area contributed by atoms with Crippen LogP contribution in [0.5, 0.6) is 0 Å². The molecule has 2 heterocycles.